The Hall–Kier alpha value is -2.47. The van der Waals surface area contributed by atoms with Gasteiger partial charge in [0.05, 0.1) is 0 Å². The van der Waals surface area contributed by atoms with Crippen LogP contribution in [0.1, 0.15) is 36.9 Å². The number of rotatable bonds is 4. The Morgan fingerprint density at radius 1 is 1.11 bits per heavy atom. The number of aryl methyl sites for hydroxylation is 1. The van der Waals surface area contributed by atoms with Crippen molar-refractivity contribution in [1.82, 2.24) is 24.5 Å². The molecule has 2 atom stereocenters. The standard InChI is InChI=1S/C21H26N6/c1-15-10-20(27-21(24-15)22-14-23-27)25(2)19-11-17-8-9-18(12-19)26(17)13-16-6-4-3-5-7-16/h3-7,10,14,17-19H,8-9,11-13H2,1-2H3. The van der Waals surface area contributed by atoms with E-state index in [1.54, 1.807) is 6.33 Å². The van der Waals surface area contributed by atoms with Gasteiger partial charge in [-0.2, -0.15) is 14.6 Å². The summed E-state index contributed by atoms with van der Waals surface area (Å²) < 4.78 is 1.87. The number of aromatic nitrogens is 4. The van der Waals surface area contributed by atoms with Crippen LogP contribution in [-0.4, -0.2) is 49.7 Å². The molecule has 0 aliphatic carbocycles. The van der Waals surface area contributed by atoms with E-state index in [0.29, 0.717) is 23.9 Å². The lowest BCUT2D eigenvalue weighted by Gasteiger charge is -2.42. The first-order valence-corrected chi connectivity index (χ1v) is 9.89. The van der Waals surface area contributed by atoms with Gasteiger partial charge in [-0.1, -0.05) is 30.3 Å². The number of nitrogens with zero attached hydrogens (tertiary/aromatic N) is 6. The Kier molecular flexibility index (Phi) is 4.08. The van der Waals surface area contributed by atoms with Crippen molar-refractivity contribution in [1.29, 1.82) is 0 Å². The molecule has 0 spiro atoms. The van der Waals surface area contributed by atoms with E-state index in [4.69, 9.17) is 0 Å². The zero-order valence-corrected chi connectivity index (χ0v) is 16.0. The number of benzene rings is 1. The Morgan fingerprint density at radius 2 is 1.85 bits per heavy atom. The predicted molar refractivity (Wildman–Crippen MR) is 106 cm³/mol. The van der Waals surface area contributed by atoms with Crippen LogP contribution in [0.4, 0.5) is 5.82 Å². The van der Waals surface area contributed by atoms with Crippen molar-refractivity contribution in [3.05, 3.63) is 54.0 Å². The van der Waals surface area contributed by atoms with Crippen LogP contribution in [0, 0.1) is 6.92 Å². The smallest absolute Gasteiger partial charge is 0.254 e. The lowest BCUT2D eigenvalue weighted by molar-refractivity contribution is 0.118. The third-order valence-electron chi connectivity index (χ3n) is 6.34. The summed E-state index contributed by atoms with van der Waals surface area (Å²) in [7, 11) is 2.20. The SMILES string of the molecule is Cc1cc(N(C)C2CC3CCC(C2)N3Cc2ccccc2)n2ncnc2n1. The Labute approximate surface area is 159 Å². The lowest BCUT2D eigenvalue weighted by atomic mass is 9.95. The monoisotopic (exact) mass is 362 g/mol. The van der Waals surface area contributed by atoms with Gasteiger partial charge >= 0.3 is 0 Å². The van der Waals surface area contributed by atoms with Crippen molar-refractivity contribution in [2.24, 2.45) is 0 Å². The van der Waals surface area contributed by atoms with E-state index in [2.05, 4.69) is 68.3 Å². The zero-order valence-electron chi connectivity index (χ0n) is 16.0. The molecule has 3 aromatic rings. The molecular formula is C21H26N6. The fraction of sp³-hybridized carbons (Fsp3) is 0.476. The predicted octanol–water partition coefficient (Wildman–Crippen LogP) is 3.06. The molecule has 0 saturated carbocycles. The molecule has 2 unspecified atom stereocenters. The highest BCUT2D eigenvalue weighted by Crippen LogP contribution is 2.39. The summed E-state index contributed by atoms with van der Waals surface area (Å²) in [6.45, 7) is 3.10. The van der Waals surface area contributed by atoms with Crippen molar-refractivity contribution in [2.75, 3.05) is 11.9 Å². The van der Waals surface area contributed by atoms with Crippen LogP contribution in [0.3, 0.4) is 0 Å². The van der Waals surface area contributed by atoms with Gasteiger partial charge in [0.1, 0.15) is 12.1 Å². The first-order chi connectivity index (χ1) is 13.2. The molecule has 2 bridgehead atoms. The van der Waals surface area contributed by atoms with E-state index < -0.39 is 0 Å². The zero-order chi connectivity index (χ0) is 18.4. The fourth-order valence-electron chi connectivity index (χ4n) is 4.96. The molecule has 0 radical (unpaired) electrons. The highest BCUT2D eigenvalue weighted by atomic mass is 15.4. The van der Waals surface area contributed by atoms with Crippen LogP contribution >= 0.6 is 0 Å². The van der Waals surface area contributed by atoms with E-state index in [-0.39, 0.29) is 0 Å². The summed E-state index contributed by atoms with van der Waals surface area (Å²) in [5.74, 6) is 1.78. The topological polar surface area (TPSA) is 49.6 Å². The maximum absolute atomic E-state index is 4.48. The molecule has 6 nitrogen and oxygen atoms in total. The van der Waals surface area contributed by atoms with Gasteiger partial charge in [0.2, 0.25) is 0 Å². The minimum absolute atomic E-state index is 0.531. The molecule has 140 valence electrons. The Balaban J connectivity index is 1.37. The summed E-state index contributed by atoms with van der Waals surface area (Å²) in [6.07, 6.45) is 6.63. The quantitative estimate of drug-likeness (QED) is 0.714. The van der Waals surface area contributed by atoms with E-state index in [9.17, 15) is 0 Å². The third-order valence-corrected chi connectivity index (χ3v) is 6.34. The maximum atomic E-state index is 4.48. The molecule has 2 saturated heterocycles. The van der Waals surface area contributed by atoms with Gasteiger partial charge in [-0.15, -0.1) is 0 Å². The van der Waals surface area contributed by atoms with Gasteiger partial charge < -0.3 is 4.90 Å². The second-order valence-corrected chi connectivity index (χ2v) is 8.01. The average Bonchev–Trinajstić information content (AvgIpc) is 3.22. The number of fused-ring (bicyclic) bond motifs is 3. The van der Waals surface area contributed by atoms with E-state index in [1.165, 1.54) is 31.2 Å². The average molecular weight is 362 g/mol. The number of hydrogen-bond donors (Lipinski definition) is 0. The highest BCUT2D eigenvalue weighted by Gasteiger charge is 2.42. The second kappa shape index (κ2) is 6.60. The van der Waals surface area contributed by atoms with Crippen LogP contribution < -0.4 is 4.90 Å². The molecule has 2 aliphatic heterocycles. The van der Waals surface area contributed by atoms with Crippen LogP contribution in [0.5, 0.6) is 0 Å². The van der Waals surface area contributed by atoms with Crippen molar-refractivity contribution < 1.29 is 0 Å². The van der Waals surface area contributed by atoms with Gasteiger partial charge in [-0.25, -0.2) is 4.98 Å². The number of anilines is 1. The largest absolute Gasteiger partial charge is 0.356 e. The molecule has 5 rings (SSSR count). The van der Waals surface area contributed by atoms with Gasteiger partial charge in [0.15, 0.2) is 0 Å². The lowest BCUT2D eigenvalue weighted by Crippen LogP contribution is -2.49. The van der Waals surface area contributed by atoms with Gasteiger partial charge in [0, 0.05) is 43.5 Å². The van der Waals surface area contributed by atoms with Crippen molar-refractivity contribution in [2.45, 2.75) is 57.3 Å². The van der Waals surface area contributed by atoms with Crippen molar-refractivity contribution in [3.63, 3.8) is 0 Å². The van der Waals surface area contributed by atoms with Gasteiger partial charge in [0.25, 0.3) is 5.78 Å². The van der Waals surface area contributed by atoms with Crippen LogP contribution in [0.2, 0.25) is 0 Å². The summed E-state index contributed by atoms with van der Waals surface area (Å²) >= 11 is 0. The normalized spacial score (nSPS) is 25.2. The van der Waals surface area contributed by atoms with Crippen molar-refractivity contribution >= 4 is 11.6 Å². The number of piperidine rings is 1. The Bertz CT molecular complexity index is 922. The first kappa shape index (κ1) is 16.7. The Morgan fingerprint density at radius 3 is 2.59 bits per heavy atom. The number of hydrogen-bond acceptors (Lipinski definition) is 5. The van der Waals surface area contributed by atoms with Crippen LogP contribution in [0.25, 0.3) is 5.78 Å². The molecule has 0 N–H and O–H groups in total. The van der Waals surface area contributed by atoms with Gasteiger partial charge in [-0.3, -0.25) is 4.90 Å². The molecule has 0 amide bonds. The van der Waals surface area contributed by atoms with Crippen LogP contribution in [-0.2, 0) is 6.54 Å². The minimum atomic E-state index is 0.531. The molecule has 2 aromatic heterocycles. The molecular weight excluding hydrogens is 336 g/mol. The van der Waals surface area contributed by atoms with Gasteiger partial charge in [-0.05, 0) is 38.2 Å². The molecule has 1 aromatic carbocycles. The third kappa shape index (κ3) is 2.98. The molecule has 2 fully saturated rings. The fourth-order valence-corrected chi connectivity index (χ4v) is 4.96. The minimum Gasteiger partial charge on any atom is -0.356 e. The molecule has 2 aliphatic rings. The van der Waals surface area contributed by atoms with Crippen LogP contribution in [0.15, 0.2) is 42.7 Å². The summed E-state index contributed by atoms with van der Waals surface area (Å²) in [5, 5.41) is 4.39. The molecule has 6 heteroatoms. The summed E-state index contributed by atoms with van der Waals surface area (Å²) in [5.41, 5.74) is 2.41. The van der Waals surface area contributed by atoms with E-state index >= 15 is 0 Å². The van der Waals surface area contributed by atoms with Crippen molar-refractivity contribution in [3.8, 4) is 0 Å². The summed E-state index contributed by atoms with van der Waals surface area (Å²) in [4.78, 5) is 13.9. The maximum Gasteiger partial charge on any atom is 0.254 e. The first-order valence-electron chi connectivity index (χ1n) is 9.89. The molecule has 27 heavy (non-hydrogen) atoms. The van der Waals surface area contributed by atoms with E-state index in [1.807, 2.05) is 11.4 Å². The highest BCUT2D eigenvalue weighted by molar-refractivity contribution is 5.47. The summed E-state index contributed by atoms with van der Waals surface area (Å²) in [6, 6.07) is 14.9. The molecule has 4 heterocycles. The second-order valence-electron chi connectivity index (χ2n) is 8.01. The van der Waals surface area contributed by atoms with E-state index in [0.717, 1.165) is 18.1 Å².